The number of fused-ring (bicyclic) bond motifs is 1. The van der Waals surface area contributed by atoms with Gasteiger partial charge in [-0.3, -0.25) is 24.4 Å². The highest BCUT2D eigenvalue weighted by atomic mass is 16.7. The van der Waals surface area contributed by atoms with E-state index in [2.05, 4.69) is 5.10 Å². The minimum Gasteiger partial charge on any atom is -0.456 e. The molecule has 0 aliphatic carbocycles. The van der Waals surface area contributed by atoms with Crippen molar-refractivity contribution in [3.8, 4) is 17.2 Å². The van der Waals surface area contributed by atoms with Crippen molar-refractivity contribution in [3.63, 3.8) is 0 Å². The van der Waals surface area contributed by atoms with E-state index in [4.69, 9.17) is 14.2 Å². The Morgan fingerprint density at radius 2 is 1.85 bits per heavy atom. The summed E-state index contributed by atoms with van der Waals surface area (Å²) < 4.78 is 19.0. The number of carbonyl (C=O) groups is 2. The first kappa shape index (κ1) is 22.1. The summed E-state index contributed by atoms with van der Waals surface area (Å²) in [6.45, 7) is 6.06. The molecule has 1 aromatic carbocycles. The van der Waals surface area contributed by atoms with Crippen LogP contribution in [0.25, 0.3) is 5.69 Å². The van der Waals surface area contributed by atoms with Crippen molar-refractivity contribution >= 4 is 17.4 Å². The number of carbonyl (C=O) groups excluding carboxylic acids is 2. The number of nitro groups is 1. The second-order valence-corrected chi connectivity index (χ2v) is 7.68. The van der Waals surface area contributed by atoms with E-state index in [0.717, 1.165) is 11.4 Å². The van der Waals surface area contributed by atoms with Crippen molar-refractivity contribution in [1.82, 2.24) is 14.3 Å². The van der Waals surface area contributed by atoms with Crippen molar-refractivity contribution < 1.29 is 28.7 Å². The number of aromatic nitrogens is 3. The SMILES string of the molecule is Cc1nn(CC(=O)OCC(=O)c2cc(C)n(-c3ccc4c(c3)OCO4)c2C)c(C)c1[N+](=O)[O-]. The van der Waals surface area contributed by atoms with Gasteiger partial charge in [-0.1, -0.05) is 0 Å². The van der Waals surface area contributed by atoms with Crippen LogP contribution in [0.5, 0.6) is 11.5 Å². The molecule has 0 saturated heterocycles. The van der Waals surface area contributed by atoms with E-state index in [9.17, 15) is 19.7 Å². The number of Topliss-reactive ketones (excluding diaryl/α,β-unsaturated/α-hetero) is 1. The fraction of sp³-hybridized carbons (Fsp3) is 0.318. The summed E-state index contributed by atoms with van der Waals surface area (Å²) in [5, 5.41) is 15.1. The van der Waals surface area contributed by atoms with Gasteiger partial charge < -0.3 is 18.8 Å². The summed E-state index contributed by atoms with van der Waals surface area (Å²) in [4.78, 5) is 35.6. The van der Waals surface area contributed by atoms with Gasteiger partial charge in [0.15, 0.2) is 18.1 Å². The highest BCUT2D eigenvalue weighted by Crippen LogP contribution is 2.35. The Bertz CT molecular complexity index is 1290. The maximum atomic E-state index is 12.8. The molecule has 0 bridgehead atoms. The minimum atomic E-state index is -0.714. The normalized spacial score (nSPS) is 12.1. The zero-order chi connectivity index (χ0) is 23.9. The number of rotatable bonds is 7. The number of ketones is 1. The number of hydrogen-bond donors (Lipinski definition) is 0. The molecule has 4 rings (SSSR count). The van der Waals surface area contributed by atoms with Gasteiger partial charge in [-0.25, -0.2) is 0 Å². The van der Waals surface area contributed by atoms with Gasteiger partial charge in [-0.05, 0) is 45.9 Å². The number of aryl methyl sites for hydroxylation is 2. The smallest absolute Gasteiger partial charge is 0.328 e. The molecule has 1 aliphatic heterocycles. The van der Waals surface area contributed by atoms with Crippen LogP contribution in [0.2, 0.25) is 0 Å². The molecule has 0 amide bonds. The van der Waals surface area contributed by atoms with E-state index in [0.29, 0.717) is 22.8 Å². The van der Waals surface area contributed by atoms with Crippen LogP contribution in [-0.4, -0.2) is 44.4 Å². The first-order chi connectivity index (χ1) is 15.7. The fourth-order valence-corrected chi connectivity index (χ4v) is 3.96. The third-order valence-corrected chi connectivity index (χ3v) is 5.51. The Labute approximate surface area is 188 Å². The molecule has 0 saturated carbocycles. The molecule has 3 aromatic rings. The van der Waals surface area contributed by atoms with E-state index < -0.39 is 17.5 Å². The number of nitrogens with zero attached hydrogens (tertiary/aromatic N) is 4. The van der Waals surface area contributed by atoms with Gasteiger partial charge in [-0.15, -0.1) is 0 Å². The second-order valence-electron chi connectivity index (χ2n) is 7.68. The molecular weight excluding hydrogens is 432 g/mol. The molecular formula is C22H22N4O7. The highest BCUT2D eigenvalue weighted by molar-refractivity contribution is 5.99. The maximum Gasteiger partial charge on any atom is 0.328 e. The van der Waals surface area contributed by atoms with Crippen molar-refractivity contribution in [2.45, 2.75) is 34.2 Å². The van der Waals surface area contributed by atoms with Crippen molar-refractivity contribution in [1.29, 1.82) is 0 Å². The molecule has 0 spiro atoms. The molecule has 0 atom stereocenters. The molecule has 0 fully saturated rings. The van der Waals surface area contributed by atoms with Crippen LogP contribution in [0.1, 0.15) is 33.1 Å². The van der Waals surface area contributed by atoms with Crippen molar-refractivity contribution in [2.75, 3.05) is 13.4 Å². The molecule has 2 aromatic heterocycles. The van der Waals surface area contributed by atoms with Crippen LogP contribution in [0.15, 0.2) is 24.3 Å². The lowest BCUT2D eigenvalue weighted by atomic mass is 10.1. The van der Waals surface area contributed by atoms with Crippen molar-refractivity contribution in [3.05, 3.63) is 62.7 Å². The van der Waals surface area contributed by atoms with Gasteiger partial charge in [0.1, 0.15) is 17.9 Å². The average Bonchev–Trinajstić information content (AvgIpc) is 3.41. The largest absolute Gasteiger partial charge is 0.456 e. The maximum absolute atomic E-state index is 12.8. The third kappa shape index (κ3) is 4.04. The topological polar surface area (TPSA) is 128 Å². The van der Waals surface area contributed by atoms with Gasteiger partial charge in [0, 0.05) is 28.7 Å². The zero-order valence-electron chi connectivity index (χ0n) is 18.6. The molecule has 3 heterocycles. The van der Waals surface area contributed by atoms with Gasteiger partial charge in [-0.2, -0.15) is 5.10 Å². The molecule has 172 valence electrons. The molecule has 0 radical (unpaired) electrons. The van der Waals surface area contributed by atoms with E-state index in [1.165, 1.54) is 18.5 Å². The van der Waals surface area contributed by atoms with Gasteiger partial charge in [0.2, 0.25) is 12.6 Å². The summed E-state index contributed by atoms with van der Waals surface area (Å²) in [6, 6.07) is 7.25. The molecule has 33 heavy (non-hydrogen) atoms. The van der Waals surface area contributed by atoms with E-state index >= 15 is 0 Å². The molecule has 11 nitrogen and oxygen atoms in total. The third-order valence-electron chi connectivity index (χ3n) is 5.51. The summed E-state index contributed by atoms with van der Waals surface area (Å²) in [5.41, 5.74) is 3.08. The van der Waals surface area contributed by atoms with Crippen LogP contribution in [0.3, 0.4) is 0 Å². The lowest BCUT2D eigenvalue weighted by Gasteiger charge is -2.11. The first-order valence-electron chi connectivity index (χ1n) is 10.1. The first-order valence-corrected chi connectivity index (χ1v) is 10.1. The summed E-state index contributed by atoms with van der Waals surface area (Å²) in [7, 11) is 0. The monoisotopic (exact) mass is 454 g/mol. The van der Waals surface area contributed by atoms with Crippen LogP contribution in [0, 0.1) is 37.8 Å². The standard InChI is InChI=1S/C22H22N4O7/c1-12-7-17(14(3)25(12)16-5-6-19-20(8-16)33-11-32-19)18(27)10-31-21(28)9-24-15(4)22(26(29)30)13(2)23-24/h5-8H,9-11H2,1-4H3. The zero-order valence-corrected chi connectivity index (χ0v) is 18.6. The number of benzene rings is 1. The van der Waals surface area contributed by atoms with E-state index in [-0.39, 0.29) is 36.2 Å². The average molecular weight is 454 g/mol. The minimum absolute atomic E-state index is 0.144. The number of esters is 1. The molecule has 0 N–H and O–H groups in total. The Morgan fingerprint density at radius 1 is 1.12 bits per heavy atom. The molecule has 0 unspecified atom stereocenters. The Balaban J connectivity index is 1.45. The number of hydrogen-bond acceptors (Lipinski definition) is 8. The predicted molar refractivity (Wildman–Crippen MR) is 115 cm³/mol. The highest BCUT2D eigenvalue weighted by Gasteiger charge is 2.24. The lowest BCUT2D eigenvalue weighted by Crippen LogP contribution is -2.20. The summed E-state index contributed by atoms with van der Waals surface area (Å²) in [6.07, 6.45) is 0. The summed E-state index contributed by atoms with van der Waals surface area (Å²) >= 11 is 0. The van der Waals surface area contributed by atoms with Crippen LogP contribution in [-0.2, 0) is 16.1 Å². The van der Waals surface area contributed by atoms with Gasteiger partial charge >= 0.3 is 11.7 Å². The Kier molecular flexibility index (Phi) is 5.62. The second kappa shape index (κ2) is 8.41. The van der Waals surface area contributed by atoms with Gasteiger partial charge in [0.25, 0.3) is 0 Å². The summed E-state index contributed by atoms with van der Waals surface area (Å²) in [5.74, 6) is 0.222. The van der Waals surface area contributed by atoms with E-state index in [1.807, 2.05) is 36.6 Å². The fourth-order valence-electron chi connectivity index (χ4n) is 3.96. The van der Waals surface area contributed by atoms with Crippen LogP contribution >= 0.6 is 0 Å². The van der Waals surface area contributed by atoms with Crippen LogP contribution in [0.4, 0.5) is 5.69 Å². The lowest BCUT2D eigenvalue weighted by molar-refractivity contribution is -0.386. The molecule has 11 heteroatoms. The Morgan fingerprint density at radius 3 is 2.55 bits per heavy atom. The van der Waals surface area contributed by atoms with E-state index in [1.54, 1.807) is 6.07 Å². The van der Waals surface area contributed by atoms with Crippen LogP contribution < -0.4 is 9.47 Å². The quantitative estimate of drug-likeness (QED) is 0.231. The van der Waals surface area contributed by atoms with Gasteiger partial charge in [0.05, 0.1) is 4.92 Å². The molecule has 1 aliphatic rings. The number of ether oxygens (including phenoxy) is 3. The predicted octanol–water partition coefficient (Wildman–Crippen LogP) is 2.97. The Hall–Kier alpha value is -4.15. The van der Waals surface area contributed by atoms with Crippen molar-refractivity contribution in [2.24, 2.45) is 0 Å².